The molecule has 1 aromatic heterocycles. The molecular formula is C19H23N5O2. The Bertz CT molecular complexity index is 715. The first-order valence-electron chi connectivity index (χ1n) is 8.74. The number of pyridine rings is 1. The second-order valence-electron chi connectivity index (χ2n) is 6.16. The van der Waals surface area contributed by atoms with Crippen LogP contribution in [0.1, 0.15) is 16.8 Å². The van der Waals surface area contributed by atoms with Crippen molar-refractivity contribution < 1.29 is 9.59 Å². The summed E-state index contributed by atoms with van der Waals surface area (Å²) in [6.45, 7) is 4.42. The molecule has 0 spiro atoms. The monoisotopic (exact) mass is 353 g/mol. The van der Waals surface area contributed by atoms with Crippen molar-refractivity contribution in [2.45, 2.75) is 6.42 Å². The normalized spacial score (nSPS) is 14.7. The lowest BCUT2D eigenvalue weighted by Gasteiger charge is -2.36. The maximum absolute atomic E-state index is 11.9. The molecule has 2 heterocycles. The molecule has 0 aliphatic carbocycles. The summed E-state index contributed by atoms with van der Waals surface area (Å²) in [6, 6.07) is 13.7. The molecule has 0 radical (unpaired) electrons. The van der Waals surface area contributed by atoms with E-state index in [0.29, 0.717) is 18.5 Å². The summed E-state index contributed by atoms with van der Waals surface area (Å²) in [4.78, 5) is 32.3. The maximum Gasteiger partial charge on any atom is 0.271 e. The smallest absolute Gasteiger partial charge is 0.271 e. The number of hydrazine groups is 1. The first-order chi connectivity index (χ1) is 12.7. The van der Waals surface area contributed by atoms with Crippen LogP contribution in [0.2, 0.25) is 0 Å². The van der Waals surface area contributed by atoms with Crippen molar-refractivity contribution in [2.75, 3.05) is 37.6 Å². The second-order valence-corrected chi connectivity index (χ2v) is 6.16. The zero-order chi connectivity index (χ0) is 18.2. The van der Waals surface area contributed by atoms with Gasteiger partial charge >= 0.3 is 0 Å². The van der Waals surface area contributed by atoms with E-state index >= 15 is 0 Å². The molecule has 0 unspecified atom stereocenters. The molecule has 2 amide bonds. The van der Waals surface area contributed by atoms with Gasteiger partial charge in [-0.1, -0.05) is 18.2 Å². The fourth-order valence-corrected chi connectivity index (χ4v) is 2.89. The van der Waals surface area contributed by atoms with Crippen molar-refractivity contribution in [3.8, 4) is 0 Å². The highest BCUT2D eigenvalue weighted by Crippen LogP contribution is 2.15. The number of para-hydroxylation sites is 1. The molecule has 1 aliphatic heterocycles. The number of hydrogen-bond donors (Lipinski definition) is 2. The first kappa shape index (κ1) is 17.9. The number of rotatable bonds is 5. The Morgan fingerprint density at radius 2 is 1.73 bits per heavy atom. The number of benzene rings is 1. The number of piperazine rings is 1. The van der Waals surface area contributed by atoms with Crippen LogP contribution in [0.5, 0.6) is 0 Å². The van der Waals surface area contributed by atoms with Crippen molar-refractivity contribution in [3.05, 3.63) is 60.4 Å². The lowest BCUT2D eigenvalue weighted by atomic mass is 10.2. The number of amides is 2. The van der Waals surface area contributed by atoms with Crippen molar-refractivity contribution >= 4 is 17.5 Å². The second kappa shape index (κ2) is 8.96. The third kappa shape index (κ3) is 5.03. The van der Waals surface area contributed by atoms with Gasteiger partial charge in [0.2, 0.25) is 5.91 Å². The van der Waals surface area contributed by atoms with Gasteiger partial charge < -0.3 is 4.90 Å². The quantitative estimate of drug-likeness (QED) is 0.786. The van der Waals surface area contributed by atoms with E-state index in [9.17, 15) is 9.59 Å². The van der Waals surface area contributed by atoms with Gasteiger partial charge in [0.05, 0.1) is 5.56 Å². The fraction of sp³-hybridized carbons (Fsp3) is 0.316. The van der Waals surface area contributed by atoms with Crippen LogP contribution < -0.4 is 15.8 Å². The van der Waals surface area contributed by atoms with E-state index in [2.05, 4.69) is 37.8 Å². The summed E-state index contributed by atoms with van der Waals surface area (Å²) in [6.07, 6.45) is 3.39. The van der Waals surface area contributed by atoms with Crippen LogP contribution in [0.4, 0.5) is 5.69 Å². The summed E-state index contributed by atoms with van der Waals surface area (Å²) < 4.78 is 0. The van der Waals surface area contributed by atoms with E-state index in [1.807, 2.05) is 18.2 Å². The third-order valence-electron chi connectivity index (χ3n) is 4.39. The average Bonchev–Trinajstić information content (AvgIpc) is 2.72. The van der Waals surface area contributed by atoms with Gasteiger partial charge in [0, 0.05) is 57.2 Å². The highest BCUT2D eigenvalue weighted by molar-refractivity contribution is 5.95. The lowest BCUT2D eigenvalue weighted by molar-refractivity contribution is -0.122. The van der Waals surface area contributed by atoms with Crippen molar-refractivity contribution in [1.82, 2.24) is 20.7 Å². The zero-order valence-corrected chi connectivity index (χ0v) is 14.6. The minimum absolute atomic E-state index is 0.201. The topological polar surface area (TPSA) is 77.6 Å². The highest BCUT2D eigenvalue weighted by atomic mass is 16.2. The number of anilines is 1. The molecule has 1 aromatic carbocycles. The number of carbonyl (C=O) groups excluding carboxylic acids is 2. The molecule has 7 heteroatoms. The van der Waals surface area contributed by atoms with Gasteiger partial charge in [-0.25, -0.2) is 0 Å². The van der Waals surface area contributed by atoms with E-state index in [0.717, 1.165) is 26.2 Å². The standard InChI is InChI=1S/C19H23N5O2/c25-18(21-22-19(26)16-5-4-9-20-15-16)8-10-23-11-13-24(14-12-23)17-6-2-1-3-7-17/h1-7,9,15H,8,10-14H2,(H,21,25)(H,22,26). The van der Waals surface area contributed by atoms with Gasteiger partial charge in [-0.2, -0.15) is 0 Å². The van der Waals surface area contributed by atoms with E-state index in [4.69, 9.17) is 0 Å². The van der Waals surface area contributed by atoms with Gasteiger partial charge in [-0.15, -0.1) is 0 Å². The van der Waals surface area contributed by atoms with Crippen molar-refractivity contribution in [1.29, 1.82) is 0 Å². The number of aromatic nitrogens is 1. The van der Waals surface area contributed by atoms with Crippen LogP contribution in [-0.2, 0) is 4.79 Å². The predicted molar refractivity (Wildman–Crippen MR) is 99.6 cm³/mol. The summed E-state index contributed by atoms with van der Waals surface area (Å²) in [5.41, 5.74) is 6.51. The molecule has 2 aromatic rings. The van der Waals surface area contributed by atoms with Gasteiger partial charge in [-0.05, 0) is 24.3 Å². The number of nitrogens with zero attached hydrogens (tertiary/aromatic N) is 3. The summed E-state index contributed by atoms with van der Waals surface area (Å²) in [5, 5.41) is 0. The highest BCUT2D eigenvalue weighted by Gasteiger charge is 2.17. The fourth-order valence-electron chi connectivity index (χ4n) is 2.89. The van der Waals surface area contributed by atoms with Gasteiger partial charge in [0.25, 0.3) is 5.91 Å². The molecule has 0 atom stereocenters. The van der Waals surface area contributed by atoms with Crippen LogP contribution in [0.3, 0.4) is 0 Å². The predicted octanol–water partition coefficient (Wildman–Crippen LogP) is 1.05. The van der Waals surface area contributed by atoms with Crippen LogP contribution in [-0.4, -0.2) is 54.4 Å². The summed E-state index contributed by atoms with van der Waals surface area (Å²) in [7, 11) is 0. The van der Waals surface area contributed by atoms with E-state index in [1.54, 1.807) is 18.3 Å². The van der Waals surface area contributed by atoms with E-state index in [1.165, 1.54) is 11.9 Å². The molecule has 1 aliphatic rings. The molecule has 1 saturated heterocycles. The Labute approximate surface area is 153 Å². The molecule has 0 bridgehead atoms. The molecule has 26 heavy (non-hydrogen) atoms. The SMILES string of the molecule is O=C(CCN1CCN(c2ccccc2)CC1)NNC(=O)c1cccnc1. The lowest BCUT2D eigenvalue weighted by Crippen LogP contribution is -2.48. The summed E-state index contributed by atoms with van der Waals surface area (Å²) >= 11 is 0. The molecule has 3 rings (SSSR count). The Kier molecular flexibility index (Phi) is 6.16. The molecule has 1 fully saturated rings. The van der Waals surface area contributed by atoms with E-state index in [-0.39, 0.29) is 11.8 Å². The van der Waals surface area contributed by atoms with Crippen molar-refractivity contribution in [2.24, 2.45) is 0 Å². The van der Waals surface area contributed by atoms with Crippen LogP contribution >= 0.6 is 0 Å². The Morgan fingerprint density at radius 1 is 0.962 bits per heavy atom. The molecular weight excluding hydrogens is 330 g/mol. The Balaban J connectivity index is 1.35. The summed E-state index contributed by atoms with van der Waals surface area (Å²) in [5.74, 6) is -0.573. The third-order valence-corrected chi connectivity index (χ3v) is 4.39. The zero-order valence-electron chi connectivity index (χ0n) is 14.6. The minimum Gasteiger partial charge on any atom is -0.369 e. The average molecular weight is 353 g/mol. The van der Waals surface area contributed by atoms with Crippen LogP contribution in [0.15, 0.2) is 54.9 Å². The largest absolute Gasteiger partial charge is 0.369 e. The van der Waals surface area contributed by atoms with Crippen LogP contribution in [0.25, 0.3) is 0 Å². The first-order valence-corrected chi connectivity index (χ1v) is 8.74. The Morgan fingerprint density at radius 3 is 2.42 bits per heavy atom. The number of hydrogen-bond acceptors (Lipinski definition) is 5. The van der Waals surface area contributed by atoms with Crippen LogP contribution in [0, 0.1) is 0 Å². The Hall–Kier alpha value is -2.93. The van der Waals surface area contributed by atoms with Crippen molar-refractivity contribution in [3.63, 3.8) is 0 Å². The van der Waals surface area contributed by atoms with E-state index < -0.39 is 0 Å². The van der Waals surface area contributed by atoms with Gasteiger partial charge in [-0.3, -0.25) is 30.3 Å². The molecule has 0 saturated carbocycles. The molecule has 2 N–H and O–H groups in total. The molecule has 7 nitrogen and oxygen atoms in total. The maximum atomic E-state index is 11.9. The molecule has 136 valence electrons. The minimum atomic E-state index is -0.372. The number of carbonyl (C=O) groups is 2. The van der Waals surface area contributed by atoms with Gasteiger partial charge in [0.1, 0.15) is 0 Å². The number of nitrogens with one attached hydrogen (secondary N) is 2. The van der Waals surface area contributed by atoms with Gasteiger partial charge in [0.15, 0.2) is 0 Å².